The van der Waals surface area contributed by atoms with Crippen molar-refractivity contribution in [1.29, 1.82) is 0 Å². The Bertz CT molecular complexity index is 540. The topological polar surface area (TPSA) is 32.3 Å². The smallest absolute Gasteiger partial charge is 0.288 e. The first kappa shape index (κ1) is 15.8. The summed E-state index contributed by atoms with van der Waals surface area (Å²) >= 11 is 0. The molecule has 1 heterocycles. The SMILES string of the molecule is Cc1cccc(CC(N2CC(C)(C)C(=O)N2)C(F)(F)F)c1. The number of rotatable bonds is 3. The number of hydrogen-bond acceptors (Lipinski definition) is 2. The number of benzene rings is 1. The predicted molar refractivity (Wildman–Crippen MR) is 73.4 cm³/mol. The Balaban J connectivity index is 2.23. The van der Waals surface area contributed by atoms with E-state index in [1.807, 2.05) is 13.0 Å². The molecule has 1 unspecified atom stereocenters. The van der Waals surface area contributed by atoms with Crippen molar-refractivity contribution >= 4 is 5.91 Å². The second kappa shape index (κ2) is 5.33. The highest BCUT2D eigenvalue weighted by Gasteiger charge is 2.50. The molecule has 0 spiro atoms. The first-order chi connectivity index (χ1) is 9.59. The second-order valence-corrected chi connectivity index (χ2v) is 6.20. The van der Waals surface area contributed by atoms with Gasteiger partial charge in [0.25, 0.3) is 0 Å². The van der Waals surface area contributed by atoms with Crippen LogP contribution in [-0.4, -0.2) is 29.7 Å². The molecule has 1 aliphatic heterocycles. The summed E-state index contributed by atoms with van der Waals surface area (Å²) in [5.41, 5.74) is 3.07. The Morgan fingerprint density at radius 1 is 1.38 bits per heavy atom. The molecule has 1 N–H and O–H groups in total. The number of amides is 1. The summed E-state index contributed by atoms with van der Waals surface area (Å²) in [6.45, 7) is 5.17. The summed E-state index contributed by atoms with van der Waals surface area (Å²) in [7, 11) is 0. The van der Waals surface area contributed by atoms with E-state index in [0.29, 0.717) is 5.56 Å². The zero-order valence-corrected chi connectivity index (χ0v) is 12.3. The quantitative estimate of drug-likeness (QED) is 0.931. The van der Waals surface area contributed by atoms with Crippen molar-refractivity contribution in [2.24, 2.45) is 5.41 Å². The van der Waals surface area contributed by atoms with E-state index >= 15 is 0 Å². The Morgan fingerprint density at radius 2 is 2.05 bits per heavy atom. The van der Waals surface area contributed by atoms with Crippen LogP contribution in [0.25, 0.3) is 0 Å². The van der Waals surface area contributed by atoms with E-state index in [0.717, 1.165) is 10.6 Å². The lowest BCUT2D eigenvalue weighted by atomic mass is 9.93. The minimum absolute atomic E-state index is 0.0435. The molecule has 1 fully saturated rings. The highest BCUT2D eigenvalue weighted by Crippen LogP contribution is 2.32. The summed E-state index contributed by atoms with van der Waals surface area (Å²) in [6, 6.07) is 5.28. The maximum absolute atomic E-state index is 13.3. The molecule has 21 heavy (non-hydrogen) atoms. The van der Waals surface area contributed by atoms with Crippen LogP contribution in [0, 0.1) is 12.3 Å². The average molecular weight is 300 g/mol. The van der Waals surface area contributed by atoms with Crippen molar-refractivity contribution in [3.8, 4) is 0 Å². The van der Waals surface area contributed by atoms with Gasteiger partial charge in [-0.15, -0.1) is 0 Å². The van der Waals surface area contributed by atoms with Crippen LogP contribution >= 0.6 is 0 Å². The largest absolute Gasteiger partial charge is 0.406 e. The zero-order valence-electron chi connectivity index (χ0n) is 12.3. The number of nitrogens with one attached hydrogen (secondary N) is 1. The van der Waals surface area contributed by atoms with Crippen LogP contribution in [0.1, 0.15) is 25.0 Å². The lowest BCUT2D eigenvalue weighted by Crippen LogP contribution is -2.51. The normalized spacial score (nSPS) is 20.4. The minimum atomic E-state index is -4.41. The van der Waals surface area contributed by atoms with E-state index in [1.165, 1.54) is 0 Å². The molecule has 0 saturated carbocycles. The lowest BCUT2D eigenvalue weighted by molar-refractivity contribution is -0.188. The number of carbonyl (C=O) groups excluding carboxylic acids is 1. The van der Waals surface area contributed by atoms with E-state index in [1.54, 1.807) is 32.0 Å². The van der Waals surface area contributed by atoms with Crippen LogP contribution < -0.4 is 5.43 Å². The third-order valence-corrected chi connectivity index (χ3v) is 3.69. The molecule has 1 aromatic rings. The molecule has 2 rings (SSSR count). The van der Waals surface area contributed by atoms with E-state index in [9.17, 15) is 18.0 Å². The van der Waals surface area contributed by atoms with Crippen molar-refractivity contribution in [2.75, 3.05) is 6.54 Å². The van der Waals surface area contributed by atoms with E-state index in [-0.39, 0.29) is 18.9 Å². The van der Waals surface area contributed by atoms with E-state index in [4.69, 9.17) is 0 Å². The zero-order chi connectivity index (χ0) is 15.8. The minimum Gasteiger partial charge on any atom is -0.288 e. The van der Waals surface area contributed by atoms with Gasteiger partial charge in [-0.1, -0.05) is 29.8 Å². The van der Waals surface area contributed by atoms with Crippen LogP contribution in [0.2, 0.25) is 0 Å². The fourth-order valence-corrected chi connectivity index (χ4v) is 2.47. The van der Waals surface area contributed by atoms with Crippen molar-refractivity contribution in [3.63, 3.8) is 0 Å². The van der Waals surface area contributed by atoms with Gasteiger partial charge in [0.1, 0.15) is 6.04 Å². The van der Waals surface area contributed by atoms with Gasteiger partial charge >= 0.3 is 6.18 Å². The molecule has 1 amide bonds. The molecule has 1 aromatic carbocycles. The maximum atomic E-state index is 13.3. The number of hydrogen-bond donors (Lipinski definition) is 1. The standard InChI is InChI=1S/C15H19F3N2O/c1-10-5-4-6-11(7-10)8-12(15(16,17)18)20-9-14(2,3)13(21)19-20/h4-7,12H,8-9H2,1-3H3,(H,19,21). The number of aryl methyl sites for hydroxylation is 1. The Kier molecular flexibility index (Phi) is 4.02. The molecule has 0 aliphatic carbocycles. The highest BCUT2D eigenvalue weighted by molar-refractivity contribution is 5.83. The molecule has 3 nitrogen and oxygen atoms in total. The van der Waals surface area contributed by atoms with Crippen molar-refractivity contribution in [1.82, 2.24) is 10.4 Å². The molecular formula is C15H19F3N2O. The molecule has 0 bridgehead atoms. The van der Waals surface area contributed by atoms with Crippen LogP contribution in [0.3, 0.4) is 0 Å². The summed E-state index contributed by atoms with van der Waals surface area (Å²) in [5, 5.41) is 1.02. The molecule has 0 aromatic heterocycles. The molecule has 1 atom stereocenters. The maximum Gasteiger partial charge on any atom is 0.406 e. The predicted octanol–water partition coefficient (Wildman–Crippen LogP) is 2.84. The Morgan fingerprint density at radius 3 is 2.52 bits per heavy atom. The summed E-state index contributed by atoms with van der Waals surface area (Å²) < 4.78 is 40.0. The summed E-state index contributed by atoms with van der Waals surface area (Å²) in [4.78, 5) is 11.7. The molecule has 0 radical (unpaired) electrons. The lowest BCUT2D eigenvalue weighted by Gasteiger charge is -2.29. The van der Waals surface area contributed by atoms with Gasteiger partial charge in [-0.3, -0.25) is 10.2 Å². The fourth-order valence-electron chi connectivity index (χ4n) is 2.47. The second-order valence-electron chi connectivity index (χ2n) is 6.20. The third-order valence-electron chi connectivity index (χ3n) is 3.69. The molecule has 6 heteroatoms. The fraction of sp³-hybridized carbons (Fsp3) is 0.533. The van der Waals surface area contributed by atoms with Crippen LogP contribution in [0.5, 0.6) is 0 Å². The number of carbonyl (C=O) groups is 1. The van der Waals surface area contributed by atoms with Crippen LogP contribution in [-0.2, 0) is 11.2 Å². The molecule has 1 saturated heterocycles. The number of hydrazine groups is 1. The molecule has 1 aliphatic rings. The van der Waals surface area contributed by atoms with Gasteiger partial charge in [0.15, 0.2) is 0 Å². The third kappa shape index (κ3) is 3.56. The van der Waals surface area contributed by atoms with Gasteiger partial charge in [-0.2, -0.15) is 13.2 Å². The van der Waals surface area contributed by atoms with E-state index in [2.05, 4.69) is 5.43 Å². The van der Waals surface area contributed by atoms with E-state index < -0.39 is 17.6 Å². The van der Waals surface area contributed by atoms with Gasteiger partial charge in [-0.05, 0) is 32.8 Å². The van der Waals surface area contributed by atoms with Crippen molar-refractivity contribution in [2.45, 2.75) is 39.4 Å². The Hall–Kier alpha value is -1.56. The van der Waals surface area contributed by atoms with Gasteiger partial charge in [0.2, 0.25) is 5.91 Å². The summed E-state index contributed by atoms with van der Waals surface area (Å²) in [5.74, 6) is -0.374. The highest BCUT2D eigenvalue weighted by atomic mass is 19.4. The van der Waals surface area contributed by atoms with Gasteiger partial charge < -0.3 is 0 Å². The number of halogens is 3. The van der Waals surface area contributed by atoms with Gasteiger partial charge in [-0.25, -0.2) is 5.01 Å². The summed E-state index contributed by atoms with van der Waals surface area (Å²) in [6.07, 6.45) is -4.58. The van der Waals surface area contributed by atoms with Gasteiger partial charge in [0.05, 0.1) is 5.41 Å². The molecular weight excluding hydrogens is 281 g/mol. The first-order valence-corrected chi connectivity index (χ1v) is 6.79. The average Bonchev–Trinajstić information content (AvgIpc) is 2.59. The number of nitrogens with zero attached hydrogens (tertiary/aromatic N) is 1. The monoisotopic (exact) mass is 300 g/mol. The Labute approximate surface area is 122 Å². The van der Waals surface area contributed by atoms with Crippen molar-refractivity contribution in [3.05, 3.63) is 35.4 Å². The molecule has 116 valence electrons. The first-order valence-electron chi connectivity index (χ1n) is 6.79. The van der Waals surface area contributed by atoms with Gasteiger partial charge in [0, 0.05) is 6.54 Å². The number of alkyl halides is 3. The van der Waals surface area contributed by atoms with Crippen LogP contribution in [0.4, 0.5) is 13.2 Å². The van der Waals surface area contributed by atoms with Crippen LogP contribution in [0.15, 0.2) is 24.3 Å². The van der Waals surface area contributed by atoms with Crippen molar-refractivity contribution < 1.29 is 18.0 Å².